The smallest absolute Gasteiger partial charge is 0.313 e. The molecule has 0 unspecified atom stereocenters. The summed E-state index contributed by atoms with van der Waals surface area (Å²) in [4.78, 5) is 12.1. The first-order valence-corrected chi connectivity index (χ1v) is 6.99. The summed E-state index contributed by atoms with van der Waals surface area (Å²) in [7, 11) is 0. The van der Waals surface area contributed by atoms with E-state index in [0.29, 0.717) is 26.0 Å². The molecular weight excluding hydrogens is 294 g/mol. The Labute approximate surface area is 117 Å². The first-order chi connectivity index (χ1) is 8.57. The summed E-state index contributed by atoms with van der Waals surface area (Å²) in [5.74, 6) is -0.199. The molecule has 0 radical (unpaired) electrons. The molecule has 0 aromatic heterocycles. The molecule has 1 aromatic rings. The van der Waals surface area contributed by atoms with Gasteiger partial charge in [-0.15, -0.1) is 0 Å². The maximum absolute atomic E-state index is 12.1. The Bertz CT molecular complexity index is 394. The molecule has 2 N–H and O–H groups in total. The lowest BCUT2D eigenvalue weighted by Gasteiger charge is -2.27. The van der Waals surface area contributed by atoms with Gasteiger partial charge in [0.1, 0.15) is 6.61 Å². The zero-order valence-corrected chi connectivity index (χ0v) is 12.5. The van der Waals surface area contributed by atoms with Crippen LogP contribution < -0.4 is 5.73 Å². The van der Waals surface area contributed by atoms with Crippen LogP contribution in [-0.2, 0) is 16.1 Å². The minimum atomic E-state index is -0.536. The predicted molar refractivity (Wildman–Crippen MR) is 76.0 cm³/mol. The van der Waals surface area contributed by atoms with Crippen LogP contribution in [0.3, 0.4) is 0 Å². The van der Waals surface area contributed by atoms with Gasteiger partial charge in [-0.2, -0.15) is 0 Å². The molecule has 0 atom stereocenters. The van der Waals surface area contributed by atoms with E-state index in [1.54, 1.807) is 0 Å². The van der Waals surface area contributed by atoms with Gasteiger partial charge in [-0.05, 0) is 30.5 Å². The second-order valence-corrected chi connectivity index (χ2v) is 5.31. The van der Waals surface area contributed by atoms with Crippen molar-refractivity contribution < 1.29 is 9.53 Å². The summed E-state index contributed by atoms with van der Waals surface area (Å²) in [6.07, 6.45) is 1.41. The number of esters is 1. The van der Waals surface area contributed by atoms with Gasteiger partial charge in [0, 0.05) is 11.0 Å². The van der Waals surface area contributed by atoms with Crippen molar-refractivity contribution in [3.63, 3.8) is 0 Å². The third kappa shape index (κ3) is 3.56. The van der Waals surface area contributed by atoms with Gasteiger partial charge in [-0.1, -0.05) is 41.9 Å². The van der Waals surface area contributed by atoms with Gasteiger partial charge >= 0.3 is 5.97 Å². The van der Waals surface area contributed by atoms with Crippen molar-refractivity contribution >= 4 is 21.9 Å². The molecule has 0 saturated heterocycles. The summed E-state index contributed by atoms with van der Waals surface area (Å²) in [6.45, 7) is 4.56. The van der Waals surface area contributed by atoms with Crippen LogP contribution in [0.5, 0.6) is 0 Å². The molecular formula is C14H20BrNO2. The third-order valence-corrected chi connectivity index (χ3v) is 3.93. The SMILES string of the molecule is CCC(CC)(CN)C(=O)OCc1cccc(Br)c1. The van der Waals surface area contributed by atoms with Gasteiger partial charge in [0.25, 0.3) is 0 Å². The van der Waals surface area contributed by atoms with Gasteiger partial charge < -0.3 is 10.5 Å². The van der Waals surface area contributed by atoms with Gasteiger partial charge in [-0.3, -0.25) is 4.79 Å². The molecule has 0 bridgehead atoms. The second kappa shape index (κ2) is 6.90. The standard InChI is InChI=1S/C14H20BrNO2/c1-3-14(4-2,10-16)13(17)18-9-11-6-5-7-12(15)8-11/h5-8H,3-4,9-10,16H2,1-2H3. The number of benzene rings is 1. The van der Waals surface area contributed by atoms with Crippen LogP contribution in [0.25, 0.3) is 0 Å². The summed E-state index contributed by atoms with van der Waals surface area (Å²) >= 11 is 3.39. The number of hydrogen-bond donors (Lipinski definition) is 1. The highest BCUT2D eigenvalue weighted by Crippen LogP contribution is 2.27. The quantitative estimate of drug-likeness (QED) is 0.820. The van der Waals surface area contributed by atoms with Crippen LogP contribution in [0, 0.1) is 5.41 Å². The van der Waals surface area contributed by atoms with E-state index >= 15 is 0 Å². The number of carbonyl (C=O) groups is 1. The van der Waals surface area contributed by atoms with Crippen molar-refractivity contribution in [2.24, 2.45) is 11.1 Å². The molecule has 0 aliphatic rings. The number of ether oxygens (including phenoxy) is 1. The summed E-state index contributed by atoms with van der Waals surface area (Å²) in [5.41, 5.74) is 6.15. The Morgan fingerprint density at radius 1 is 1.39 bits per heavy atom. The average Bonchev–Trinajstić information content (AvgIpc) is 2.39. The molecule has 0 fully saturated rings. The van der Waals surface area contributed by atoms with Crippen molar-refractivity contribution in [2.45, 2.75) is 33.3 Å². The zero-order chi connectivity index (χ0) is 13.6. The number of hydrogen-bond acceptors (Lipinski definition) is 3. The van der Waals surface area contributed by atoms with Crippen LogP contribution in [0.4, 0.5) is 0 Å². The molecule has 0 aliphatic heterocycles. The zero-order valence-electron chi connectivity index (χ0n) is 10.9. The van der Waals surface area contributed by atoms with E-state index in [1.165, 1.54) is 0 Å². The van der Waals surface area contributed by atoms with E-state index in [-0.39, 0.29) is 5.97 Å². The van der Waals surface area contributed by atoms with E-state index in [1.807, 2.05) is 38.1 Å². The average molecular weight is 314 g/mol. The Kier molecular flexibility index (Phi) is 5.82. The third-order valence-electron chi connectivity index (χ3n) is 3.44. The predicted octanol–water partition coefficient (Wildman–Crippen LogP) is 3.26. The fourth-order valence-corrected chi connectivity index (χ4v) is 2.29. The summed E-state index contributed by atoms with van der Waals surface area (Å²) in [5, 5.41) is 0. The van der Waals surface area contributed by atoms with Crippen molar-refractivity contribution in [1.29, 1.82) is 0 Å². The molecule has 4 heteroatoms. The molecule has 0 heterocycles. The Morgan fingerprint density at radius 3 is 2.56 bits per heavy atom. The van der Waals surface area contributed by atoms with Crippen molar-refractivity contribution in [1.82, 2.24) is 0 Å². The number of carbonyl (C=O) groups excluding carboxylic acids is 1. The summed E-state index contributed by atoms with van der Waals surface area (Å²) < 4.78 is 6.36. The molecule has 0 spiro atoms. The van der Waals surface area contributed by atoms with Gasteiger partial charge in [0.05, 0.1) is 5.41 Å². The van der Waals surface area contributed by atoms with E-state index in [0.717, 1.165) is 10.0 Å². The minimum Gasteiger partial charge on any atom is -0.460 e. The highest BCUT2D eigenvalue weighted by atomic mass is 79.9. The van der Waals surface area contributed by atoms with Crippen molar-refractivity contribution in [2.75, 3.05) is 6.54 Å². The van der Waals surface area contributed by atoms with E-state index < -0.39 is 5.41 Å². The monoisotopic (exact) mass is 313 g/mol. The van der Waals surface area contributed by atoms with Crippen molar-refractivity contribution in [3.05, 3.63) is 34.3 Å². The highest BCUT2D eigenvalue weighted by Gasteiger charge is 2.34. The molecule has 0 saturated carbocycles. The molecule has 3 nitrogen and oxygen atoms in total. The molecule has 0 amide bonds. The molecule has 1 aromatic carbocycles. The Hall–Kier alpha value is -0.870. The van der Waals surface area contributed by atoms with E-state index in [4.69, 9.17) is 10.5 Å². The van der Waals surface area contributed by atoms with Crippen LogP contribution in [0.1, 0.15) is 32.3 Å². The fraction of sp³-hybridized carbons (Fsp3) is 0.500. The molecule has 18 heavy (non-hydrogen) atoms. The van der Waals surface area contributed by atoms with Gasteiger partial charge in [-0.25, -0.2) is 0 Å². The van der Waals surface area contributed by atoms with E-state index in [9.17, 15) is 4.79 Å². The largest absolute Gasteiger partial charge is 0.460 e. The maximum Gasteiger partial charge on any atom is 0.313 e. The van der Waals surface area contributed by atoms with Crippen molar-refractivity contribution in [3.8, 4) is 0 Å². The molecule has 100 valence electrons. The van der Waals surface area contributed by atoms with E-state index in [2.05, 4.69) is 15.9 Å². The lowest BCUT2D eigenvalue weighted by molar-refractivity contribution is -0.157. The lowest BCUT2D eigenvalue weighted by atomic mass is 9.82. The topological polar surface area (TPSA) is 52.3 Å². The van der Waals surface area contributed by atoms with Crippen LogP contribution in [0.2, 0.25) is 0 Å². The minimum absolute atomic E-state index is 0.199. The summed E-state index contributed by atoms with van der Waals surface area (Å²) in [6, 6.07) is 7.73. The second-order valence-electron chi connectivity index (χ2n) is 4.40. The fourth-order valence-electron chi connectivity index (χ4n) is 1.84. The number of halogens is 1. The van der Waals surface area contributed by atoms with Gasteiger partial charge in [0.2, 0.25) is 0 Å². The van der Waals surface area contributed by atoms with Gasteiger partial charge in [0.15, 0.2) is 0 Å². The maximum atomic E-state index is 12.1. The molecule has 0 aliphatic carbocycles. The number of nitrogens with two attached hydrogens (primary N) is 1. The Balaban J connectivity index is 2.65. The Morgan fingerprint density at radius 2 is 2.06 bits per heavy atom. The first-order valence-electron chi connectivity index (χ1n) is 6.19. The van der Waals surface area contributed by atoms with Crippen LogP contribution in [-0.4, -0.2) is 12.5 Å². The normalized spacial score (nSPS) is 11.3. The first kappa shape index (κ1) is 15.2. The number of rotatable bonds is 6. The molecule has 1 rings (SSSR count). The highest BCUT2D eigenvalue weighted by molar-refractivity contribution is 9.10. The van der Waals surface area contributed by atoms with Crippen LogP contribution >= 0.6 is 15.9 Å². The van der Waals surface area contributed by atoms with Crippen LogP contribution in [0.15, 0.2) is 28.7 Å². The lowest BCUT2D eigenvalue weighted by Crippen LogP contribution is -2.38.